The molecule has 0 aliphatic carbocycles. The Balaban J connectivity index is 1.70. The lowest BCUT2D eigenvalue weighted by Crippen LogP contribution is -2.30. The van der Waals surface area contributed by atoms with E-state index in [0.717, 1.165) is 0 Å². The molecular formula is C28H27FN4O3. The van der Waals surface area contributed by atoms with Crippen LogP contribution in [0.1, 0.15) is 34.6 Å². The Morgan fingerprint density at radius 3 is 2.42 bits per heavy atom. The fourth-order valence-electron chi connectivity index (χ4n) is 3.87. The van der Waals surface area contributed by atoms with Gasteiger partial charge in [0.1, 0.15) is 17.3 Å². The molecule has 0 saturated carbocycles. The fourth-order valence-corrected chi connectivity index (χ4v) is 3.87. The van der Waals surface area contributed by atoms with Crippen molar-refractivity contribution in [2.75, 3.05) is 25.5 Å². The number of carbonyl (C=O) groups excluding carboxylic acids is 2. The first kappa shape index (κ1) is 24.7. The van der Waals surface area contributed by atoms with Crippen LogP contribution in [0.2, 0.25) is 0 Å². The molecule has 0 fully saturated rings. The Bertz CT molecular complexity index is 1380. The number of hydrogen-bond acceptors (Lipinski definition) is 4. The second-order valence-electron chi connectivity index (χ2n) is 8.06. The molecule has 2 amide bonds. The molecule has 0 aliphatic heterocycles. The van der Waals surface area contributed by atoms with Gasteiger partial charge in [0, 0.05) is 36.1 Å². The van der Waals surface area contributed by atoms with Crippen LogP contribution in [-0.4, -0.2) is 46.7 Å². The minimum Gasteiger partial charge on any atom is -0.497 e. The Kier molecular flexibility index (Phi) is 7.44. The van der Waals surface area contributed by atoms with Gasteiger partial charge in [-0.3, -0.25) is 9.59 Å². The number of amides is 2. The Hall–Kier alpha value is -4.46. The lowest BCUT2D eigenvalue weighted by Gasteiger charge is -2.19. The number of halogens is 1. The normalized spacial score (nSPS) is 10.7. The molecule has 3 aromatic carbocycles. The number of ether oxygens (including phenoxy) is 1. The highest BCUT2D eigenvalue weighted by Gasteiger charge is 2.20. The molecule has 8 heteroatoms. The smallest absolute Gasteiger partial charge is 0.259 e. The first-order chi connectivity index (χ1) is 17.4. The number of anilines is 1. The number of methoxy groups -OCH3 is 1. The van der Waals surface area contributed by atoms with E-state index in [1.165, 1.54) is 16.8 Å². The van der Waals surface area contributed by atoms with Crippen LogP contribution in [0.5, 0.6) is 5.75 Å². The molecule has 4 aromatic rings. The first-order valence-electron chi connectivity index (χ1n) is 11.6. The average Bonchev–Trinajstić information content (AvgIpc) is 3.36. The van der Waals surface area contributed by atoms with E-state index in [0.29, 0.717) is 52.6 Å². The van der Waals surface area contributed by atoms with Crippen molar-refractivity contribution in [2.45, 2.75) is 13.8 Å². The molecule has 0 aliphatic rings. The summed E-state index contributed by atoms with van der Waals surface area (Å²) in [7, 11) is 1.57. The van der Waals surface area contributed by atoms with Gasteiger partial charge in [-0.25, -0.2) is 9.07 Å². The molecule has 1 N–H and O–H groups in total. The lowest BCUT2D eigenvalue weighted by atomic mass is 10.1. The summed E-state index contributed by atoms with van der Waals surface area (Å²) in [6.45, 7) is 5.04. The van der Waals surface area contributed by atoms with Crippen LogP contribution in [0, 0.1) is 5.82 Å². The molecular weight excluding hydrogens is 459 g/mol. The molecule has 0 unspecified atom stereocenters. The van der Waals surface area contributed by atoms with Crippen molar-refractivity contribution in [2.24, 2.45) is 0 Å². The molecule has 0 bridgehead atoms. The average molecular weight is 487 g/mol. The van der Waals surface area contributed by atoms with Gasteiger partial charge in [-0.1, -0.05) is 18.2 Å². The maximum Gasteiger partial charge on any atom is 0.259 e. The van der Waals surface area contributed by atoms with Gasteiger partial charge in [-0.15, -0.1) is 0 Å². The van der Waals surface area contributed by atoms with Crippen molar-refractivity contribution in [1.82, 2.24) is 14.7 Å². The zero-order valence-electron chi connectivity index (χ0n) is 20.4. The Labute approximate surface area is 209 Å². The maximum absolute atomic E-state index is 13.5. The molecule has 36 heavy (non-hydrogen) atoms. The number of rotatable bonds is 8. The van der Waals surface area contributed by atoms with Crippen molar-refractivity contribution >= 4 is 17.5 Å². The van der Waals surface area contributed by atoms with Crippen LogP contribution in [0.3, 0.4) is 0 Å². The quantitative estimate of drug-likeness (QED) is 0.361. The van der Waals surface area contributed by atoms with E-state index in [4.69, 9.17) is 4.74 Å². The summed E-state index contributed by atoms with van der Waals surface area (Å²) in [6, 6.07) is 19.9. The van der Waals surface area contributed by atoms with Gasteiger partial charge in [-0.05, 0) is 68.4 Å². The minimum atomic E-state index is -0.395. The maximum atomic E-state index is 13.5. The van der Waals surface area contributed by atoms with Gasteiger partial charge >= 0.3 is 0 Å². The Morgan fingerprint density at radius 1 is 1.00 bits per heavy atom. The van der Waals surface area contributed by atoms with Gasteiger partial charge in [0.05, 0.1) is 18.4 Å². The van der Waals surface area contributed by atoms with E-state index in [1.807, 2.05) is 26.0 Å². The standard InChI is InChI=1S/C28H27FN4O3/c1-4-32(5-2)28(35)20-9-6-10-22(16-20)30-27(34)25-18-33(23-14-12-21(29)13-15-23)31-26(25)19-8-7-11-24(17-19)36-3/h6-18H,4-5H2,1-3H3,(H,30,34). The van der Waals surface area contributed by atoms with Crippen LogP contribution >= 0.6 is 0 Å². The second kappa shape index (κ2) is 10.9. The molecule has 1 aromatic heterocycles. The summed E-state index contributed by atoms with van der Waals surface area (Å²) < 4.78 is 20.3. The van der Waals surface area contributed by atoms with Crippen molar-refractivity contribution in [1.29, 1.82) is 0 Å². The van der Waals surface area contributed by atoms with Gasteiger partial charge in [0.15, 0.2) is 0 Å². The summed E-state index contributed by atoms with van der Waals surface area (Å²) in [6.07, 6.45) is 1.60. The van der Waals surface area contributed by atoms with Crippen molar-refractivity contribution in [3.8, 4) is 22.7 Å². The number of nitrogens with one attached hydrogen (secondary N) is 1. The topological polar surface area (TPSA) is 76.5 Å². The number of aromatic nitrogens is 2. The molecule has 0 radical (unpaired) electrons. The lowest BCUT2D eigenvalue weighted by molar-refractivity contribution is 0.0772. The molecule has 0 atom stereocenters. The third-order valence-corrected chi connectivity index (χ3v) is 5.81. The zero-order chi connectivity index (χ0) is 25.7. The highest BCUT2D eigenvalue weighted by atomic mass is 19.1. The summed E-state index contributed by atoms with van der Waals surface area (Å²) in [4.78, 5) is 27.9. The first-order valence-corrected chi connectivity index (χ1v) is 11.6. The molecule has 0 saturated heterocycles. The fraction of sp³-hybridized carbons (Fsp3) is 0.179. The number of benzene rings is 3. The summed E-state index contributed by atoms with van der Waals surface area (Å²) in [5, 5.41) is 7.51. The number of nitrogens with zero attached hydrogens (tertiary/aromatic N) is 3. The zero-order valence-corrected chi connectivity index (χ0v) is 20.4. The van der Waals surface area contributed by atoms with Gasteiger partial charge in [0.2, 0.25) is 0 Å². The summed E-state index contributed by atoms with van der Waals surface area (Å²) >= 11 is 0. The monoisotopic (exact) mass is 486 g/mol. The summed E-state index contributed by atoms with van der Waals surface area (Å²) in [5.74, 6) is -0.236. The van der Waals surface area contributed by atoms with E-state index >= 15 is 0 Å². The molecule has 184 valence electrons. The predicted molar refractivity (Wildman–Crippen MR) is 137 cm³/mol. The van der Waals surface area contributed by atoms with E-state index in [9.17, 15) is 14.0 Å². The number of carbonyl (C=O) groups is 2. The van der Waals surface area contributed by atoms with Gasteiger partial charge < -0.3 is 15.0 Å². The van der Waals surface area contributed by atoms with Crippen LogP contribution < -0.4 is 10.1 Å². The Morgan fingerprint density at radius 2 is 1.72 bits per heavy atom. The van der Waals surface area contributed by atoms with Crippen LogP contribution in [-0.2, 0) is 0 Å². The third kappa shape index (κ3) is 5.27. The largest absolute Gasteiger partial charge is 0.497 e. The molecule has 0 spiro atoms. The van der Waals surface area contributed by atoms with E-state index in [2.05, 4.69) is 10.4 Å². The molecule has 1 heterocycles. The van der Waals surface area contributed by atoms with Crippen LogP contribution in [0.15, 0.2) is 79.0 Å². The van der Waals surface area contributed by atoms with Crippen LogP contribution in [0.25, 0.3) is 16.9 Å². The second-order valence-corrected chi connectivity index (χ2v) is 8.06. The summed E-state index contributed by atoms with van der Waals surface area (Å²) in [5.41, 5.74) is 3.02. The van der Waals surface area contributed by atoms with Crippen LogP contribution in [0.4, 0.5) is 10.1 Å². The minimum absolute atomic E-state index is 0.0997. The van der Waals surface area contributed by atoms with Gasteiger partial charge in [-0.2, -0.15) is 5.10 Å². The highest BCUT2D eigenvalue weighted by molar-refractivity contribution is 6.08. The highest BCUT2D eigenvalue weighted by Crippen LogP contribution is 2.28. The SMILES string of the molecule is CCN(CC)C(=O)c1cccc(NC(=O)c2cn(-c3ccc(F)cc3)nc2-c2cccc(OC)c2)c1. The van der Waals surface area contributed by atoms with Crippen molar-refractivity contribution < 1.29 is 18.7 Å². The van der Waals surface area contributed by atoms with Crippen molar-refractivity contribution in [3.05, 3.63) is 95.9 Å². The number of hydrogen-bond donors (Lipinski definition) is 1. The van der Waals surface area contributed by atoms with Crippen molar-refractivity contribution in [3.63, 3.8) is 0 Å². The predicted octanol–water partition coefficient (Wildman–Crippen LogP) is 5.42. The van der Waals surface area contributed by atoms with E-state index in [1.54, 1.807) is 66.7 Å². The van der Waals surface area contributed by atoms with E-state index in [-0.39, 0.29) is 11.7 Å². The molecule has 7 nitrogen and oxygen atoms in total. The third-order valence-electron chi connectivity index (χ3n) is 5.81. The van der Waals surface area contributed by atoms with Gasteiger partial charge in [0.25, 0.3) is 11.8 Å². The van der Waals surface area contributed by atoms with E-state index < -0.39 is 5.91 Å². The molecule has 4 rings (SSSR count).